The van der Waals surface area contributed by atoms with E-state index in [-0.39, 0.29) is 0 Å². The number of thioether (sulfide) groups is 2. The van der Waals surface area contributed by atoms with E-state index in [1.165, 1.54) is 58.1 Å². The minimum Gasteiger partial charge on any atom is -0.117 e. The summed E-state index contributed by atoms with van der Waals surface area (Å²) >= 11 is 3.86. The van der Waals surface area contributed by atoms with E-state index >= 15 is 0 Å². The van der Waals surface area contributed by atoms with Crippen molar-refractivity contribution in [1.82, 2.24) is 0 Å². The second kappa shape index (κ2) is 8.77. The molecule has 0 radical (unpaired) electrons. The van der Waals surface area contributed by atoms with Crippen molar-refractivity contribution in [3.05, 3.63) is 21.0 Å². The Morgan fingerprint density at radius 1 is 0.722 bits per heavy atom. The van der Waals surface area contributed by atoms with Crippen LogP contribution in [0.1, 0.15) is 53.4 Å². The molecule has 18 heavy (non-hydrogen) atoms. The summed E-state index contributed by atoms with van der Waals surface area (Å²) in [7, 11) is 0. The summed E-state index contributed by atoms with van der Waals surface area (Å²) in [5.41, 5.74) is 2.70. The summed E-state index contributed by atoms with van der Waals surface area (Å²) in [6.45, 7) is 8.66. The molecule has 0 bridgehead atoms. The minimum absolute atomic E-state index is 1.21. The molecule has 0 spiro atoms. The predicted octanol–water partition coefficient (Wildman–Crippen LogP) is 5.62. The van der Waals surface area contributed by atoms with Crippen LogP contribution >= 0.6 is 23.5 Å². The zero-order chi connectivity index (χ0) is 13.4. The van der Waals surface area contributed by atoms with Crippen molar-refractivity contribution in [2.75, 3.05) is 11.5 Å². The fourth-order valence-electron chi connectivity index (χ4n) is 1.63. The molecule has 0 amide bonds. The van der Waals surface area contributed by atoms with Gasteiger partial charge >= 0.3 is 0 Å². The molecule has 0 saturated carbocycles. The van der Waals surface area contributed by atoms with Crippen LogP contribution in [0.4, 0.5) is 0 Å². The van der Waals surface area contributed by atoms with Gasteiger partial charge in [0.25, 0.3) is 0 Å². The van der Waals surface area contributed by atoms with Crippen molar-refractivity contribution in [3.63, 3.8) is 0 Å². The zero-order valence-electron chi connectivity index (χ0n) is 12.1. The Kier molecular flexibility index (Phi) is 7.70. The average Bonchev–Trinajstić information content (AvgIpc) is 2.28. The number of hydrogen-bond donors (Lipinski definition) is 0. The molecule has 0 fully saturated rings. The molecular formula is C16H24S2. The van der Waals surface area contributed by atoms with Gasteiger partial charge in [0.2, 0.25) is 0 Å². The van der Waals surface area contributed by atoms with Crippen LogP contribution in [0, 0.1) is 11.8 Å². The molecule has 0 aromatic carbocycles. The Bertz CT molecular complexity index is 347. The molecule has 0 nitrogen and oxygen atoms in total. The Morgan fingerprint density at radius 3 is 1.44 bits per heavy atom. The number of rotatable bonds is 0. The van der Waals surface area contributed by atoms with Gasteiger partial charge in [-0.2, -0.15) is 0 Å². The van der Waals surface area contributed by atoms with Crippen LogP contribution < -0.4 is 0 Å². The molecule has 0 N–H and O–H groups in total. The van der Waals surface area contributed by atoms with E-state index in [1.54, 1.807) is 0 Å². The van der Waals surface area contributed by atoms with Gasteiger partial charge < -0.3 is 0 Å². The number of allylic oxidation sites excluding steroid dienone is 4. The second-order valence-corrected chi connectivity index (χ2v) is 7.23. The first-order chi connectivity index (χ1) is 8.61. The van der Waals surface area contributed by atoms with Gasteiger partial charge in [0, 0.05) is 0 Å². The molecule has 0 aliphatic carbocycles. The van der Waals surface area contributed by atoms with Crippen LogP contribution in [0.3, 0.4) is 0 Å². The van der Waals surface area contributed by atoms with Gasteiger partial charge in [-0.05, 0) is 52.0 Å². The van der Waals surface area contributed by atoms with Crippen molar-refractivity contribution in [2.45, 2.75) is 53.4 Å². The maximum absolute atomic E-state index is 3.38. The molecule has 100 valence electrons. The smallest absolute Gasteiger partial charge is 0.0563 e. The Hall–Kier alpha value is -0.260. The molecule has 2 heteroatoms. The van der Waals surface area contributed by atoms with E-state index in [4.69, 9.17) is 0 Å². The topological polar surface area (TPSA) is 0 Å². The summed E-state index contributed by atoms with van der Waals surface area (Å²) in [5.74, 6) is 9.19. The minimum atomic E-state index is 1.21. The monoisotopic (exact) mass is 280 g/mol. The zero-order valence-corrected chi connectivity index (χ0v) is 13.7. The fraction of sp³-hybridized carbons (Fsp3) is 0.625. The lowest BCUT2D eigenvalue weighted by Gasteiger charge is -2.07. The van der Waals surface area contributed by atoms with Crippen LogP contribution in [0.5, 0.6) is 0 Å². The molecule has 0 unspecified atom stereocenters. The van der Waals surface area contributed by atoms with E-state index in [0.29, 0.717) is 0 Å². The number of hydrogen-bond acceptors (Lipinski definition) is 2. The highest BCUT2D eigenvalue weighted by atomic mass is 32.2. The summed E-state index contributed by atoms with van der Waals surface area (Å²) in [4.78, 5) is 2.55. The van der Waals surface area contributed by atoms with Crippen LogP contribution in [0.25, 0.3) is 0 Å². The molecule has 1 aliphatic rings. The van der Waals surface area contributed by atoms with Crippen LogP contribution in [0.15, 0.2) is 21.0 Å². The maximum atomic E-state index is 3.38. The lowest BCUT2D eigenvalue weighted by atomic mass is 10.2. The lowest BCUT2D eigenvalue weighted by molar-refractivity contribution is 0.712. The van der Waals surface area contributed by atoms with E-state index < -0.39 is 0 Å². The first-order valence-corrected chi connectivity index (χ1v) is 8.71. The quantitative estimate of drug-likeness (QED) is 0.528. The second-order valence-electron chi connectivity index (χ2n) is 5.02. The molecular weight excluding hydrogens is 256 g/mol. The third-order valence-corrected chi connectivity index (χ3v) is 5.31. The van der Waals surface area contributed by atoms with Crippen LogP contribution in [-0.2, 0) is 0 Å². The Labute approximate surface area is 121 Å². The molecule has 1 aliphatic heterocycles. The SMILES string of the molecule is CC(C)=C1C#CC(=C(C)C)SCCCCCCS1. The van der Waals surface area contributed by atoms with Crippen LogP contribution in [0.2, 0.25) is 0 Å². The molecule has 0 aromatic heterocycles. The summed E-state index contributed by atoms with van der Waals surface area (Å²) in [6, 6.07) is 0. The highest BCUT2D eigenvalue weighted by Crippen LogP contribution is 2.25. The maximum Gasteiger partial charge on any atom is 0.0563 e. The third kappa shape index (κ3) is 6.07. The van der Waals surface area contributed by atoms with Gasteiger partial charge in [0.1, 0.15) is 0 Å². The van der Waals surface area contributed by atoms with Crippen molar-refractivity contribution in [2.24, 2.45) is 0 Å². The van der Waals surface area contributed by atoms with Gasteiger partial charge in [-0.3, -0.25) is 0 Å². The van der Waals surface area contributed by atoms with Gasteiger partial charge in [0.15, 0.2) is 0 Å². The summed E-state index contributed by atoms with van der Waals surface area (Å²) in [6.07, 6.45) is 5.37. The van der Waals surface area contributed by atoms with E-state index in [0.717, 1.165) is 0 Å². The van der Waals surface area contributed by atoms with E-state index in [9.17, 15) is 0 Å². The lowest BCUT2D eigenvalue weighted by Crippen LogP contribution is -1.89. The van der Waals surface area contributed by atoms with Crippen molar-refractivity contribution < 1.29 is 0 Å². The van der Waals surface area contributed by atoms with Gasteiger partial charge in [-0.25, -0.2) is 0 Å². The molecule has 0 aromatic rings. The fourth-order valence-corrected chi connectivity index (χ4v) is 3.56. The normalized spacial score (nSPS) is 18.2. The summed E-state index contributed by atoms with van der Waals surface area (Å²) in [5, 5.41) is 0. The highest BCUT2D eigenvalue weighted by Gasteiger charge is 2.02. The first kappa shape index (κ1) is 15.8. The third-order valence-electron chi connectivity index (χ3n) is 2.73. The highest BCUT2D eigenvalue weighted by molar-refractivity contribution is 8.03. The molecule has 0 atom stereocenters. The molecule has 1 heterocycles. The van der Waals surface area contributed by atoms with E-state index in [2.05, 4.69) is 39.5 Å². The Morgan fingerprint density at radius 2 is 1.11 bits per heavy atom. The van der Waals surface area contributed by atoms with Gasteiger partial charge in [-0.1, -0.05) is 35.8 Å². The molecule has 0 saturated heterocycles. The summed E-state index contributed by atoms with van der Waals surface area (Å²) < 4.78 is 0. The van der Waals surface area contributed by atoms with Crippen LogP contribution in [-0.4, -0.2) is 11.5 Å². The van der Waals surface area contributed by atoms with Crippen molar-refractivity contribution in [3.8, 4) is 11.8 Å². The average molecular weight is 281 g/mol. The van der Waals surface area contributed by atoms with E-state index in [1.807, 2.05) is 23.5 Å². The standard InChI is InChI=1S/C16H24S2/c1-13(2)15-9-10-16(14(3)4)18-12-8-6-5-7-11-17-15/h5-8,11-12H2,1-4H3. The Balaban J connectivity index is 2.90. The van der Waals surface area contributed by atoms with Crippen molar-refractivity contribution in [1.29, 1.82) is 0 Å². The van der Waals surface area contributed by atoms with Gasteiger partial charge in [-0.15, -0.1) is 23.5 Å². The van der Waals surface area contributed by atoms with Crippen molar-refractivity contribution >= 4 is 23.5 Å². The predicted molar refractivity (Wildman–Crippen MR) is 87.9 cm³/mol. The first-order valence-electron chi connectivity index (χ1n) is 6.74. The van der Waals surface area contributed by atoms with Gasteiger partial charge in [0.05, 0.1) is 9.81 Å². The molecule has 1 rings (SSSR count). The largest absolute Gasteiger partial charge is 0.117 e.